The van der Waals surface area contributed by atoms with Crippen LogP contribution in [0.3, 0.4) is 0 Å². The summed E-state index contributed by atoms with van der Waals surface area (Å²) in [6, 6.07) is 6.04. The van der Waals surface area contributed by atoms with E-state index >= 15 is 0 Å². The lowest BCUT2D eigenvalue weighted by molar-refractivity contribution is 0.0901. The van der Waals surface area contributed by atoms with Gasteiger partial charge in [-0.25, -0.2) is 0 Å². The molecule has 1 aromatic rings. The molecule has 0 spiro atoms. The zero-order valence-electron chi connectivity index (χ0n) is 8.74. The lowest BCUT2D eigenvalue weighted by Gasteiger charge is -2.21. The molecule has 1 rings (SSSR count). The normalized spacial score (nSPS) is 13.6. The summed E-state index contributed by atoms with van der Waals surface area (Å²) in [7, 11) is 0. The van der Waals surface area contributed by atoms with Crippen molar-refractivity contribution in [3.63, 3.8) is 0 Å². The minimum atomic E-state index is -0.712. The predicted molar refractivity (Wildman–Crippen MR) is 58.1 cm³/mol. The van der Waals surface area contributed by atoms with Gasteiger partial charge in [-0.2, -0.15) is 5.26 Å². The Morgan fingerprint density at radius 2 is 2.21 bits per heavy atom. The van der Waals surface area contributed by atoms with Crippen LogP contribution in [0, 0.1) is 16.7 Å². The van der Waals surface area contributed by atoms with E-state index < -0.39 is 11.5 Å². The van der Waals surface area contributed by atoms with Gasteiger partial charge in [0.2, 0.25) is 0 Å². The first-order valence-electron chi connectivity index (χ1n) is 4.69. The average molecular weight is 209 g/mol. The molecule has 1 N–H and O–H groups in total. The summed E-state index contributed by atoms with van der Waals surface area (Å²) in [5.41, 5.74) is -0.712. The third kappa shape index (κ3) is 2.14. The first-order chi connectivity index (χ1) is 6.51. The molecule has 0 aliphatic carbocycles. The number of nitriles is 1. The van der Waals surface area contributed by atoms with Gasteiger partial charge in [-0.3, -0.25) is 0 Å². The maximum atomic E-state index is 9.95. The van der Waals surface area contributed by atoms with E-state index in [4.69, 9.17) is 5.26 Å². The van der Waals surface area contributed by atoms with E-state index in [-0.39, 0.29) is 0 Å². The Kier molecular flexibility index (Phi) is 3.30. The third-order valence-electron chi connectivity index (χ3n) is 2.27. The molecular weight excluding hydrogens is 194 g/mol. The molecular formula is C11H15NOS. The van der Waals surface area contributed by atoms with Crippen molar-refractivity contribution in [2.24, 2.45) is 5.41 Å². The van der Waals surface area contributed by atoms with Gasteiger partial charge in [-0.15, -0.1) is 11.3 Å². The third-order valence-corrected chi connectivity index (χ3v) is 3.55. The van der Waals surface area contributed by atoms with Crippen LogP contribution in [-0.2, 0) is 6.42 Å². The van der Waals surface area contributed by atoms with Crippen molar-refractivity contribution in [2.75, 3.05) is 0 Å². The highest BCUT2D eigenvalue weighted by atomic mass is 32.1. The Bertz CT molecular complexity index is 348. The molecule has 0 saturated carbocycles. The highest BCUT2D eigenvalue weighted by Crippen LogP contribution is 2.36. The summed E-state index contributed by atoms with van der Waals surface area (Å²) in [6.07, 6.45) is 0.294. The molecule has 0 aliphatic heterocycles. The monoisotopic (exact) mass is 209 g/mol. The Morgan fingerprint density at radius 3 is 2.64 bits per heavy atom. The lowest BCUT2D eigenvalue weighted by atomic mass is 9.87. The van der Waals surface area contributed by atoms with E-state index in [9.17, 15) is 5.11 Å². The molecule has 0 fully saturated rings. The summed E-state index contributed by atoms with van der Waals surface area (Å²) >= 11 is 1.58. The van der Waals surface area contributed by atoms with Gasteiger partial charge in [0.25, 0.3) is 0 Å². The predicted octanol–water partition coefficient (Wildman–Crippen LogP) is 2.89. The highest BCUT2D eigenvalue weighted by molar-refractivity contribution is 7.12. The highest BCUT2D eigenvalue weighted by Gasteiger charge is 2.29. The van der Waals surface area contributed by atoms with Gasteiger partial charge in [0.05, 0.1) is 11.5 Å². The molecule has 14 heavy (non-hydrogen) atoms. The largest absolute Gasteiger partial charge is 0.386 e. The molecule has 1 aromatic heterocycles. The smallest absolute Gasteiger partial charge is 0.106 e. The second-order valence-electron chi connectivity index (χ2n) is 3.89. The first kappa shape index (κ1) is 11.2. The van der Waals surface area contributed by atoms with Crippen molar-refractivity contribution >= 4 is 11.3 Å². The zero-order chi connectivity index (χ0) is 10.8. The van der Waals surface area contributed by atoms with Gasteiger partial charge in [-0.1, -0.05) is 6.92 Å². The molecule has 76 valence electrons. The van der Waals surface area contributed by atoms with E-state index in [0.29, 0.717) is 0 Å². The maximum Gasteiger partial charge on any atom is 0.106 e. The number of aliphatic hydroxyl groups excluding tert-OH is 1. The van der Waals surface area contributed by atoms with Crippen molar-refractivity contribution < 1.29 is 5.11 Å². The number of hydrogen-bond acceptors (Lipinski definition) is 3. The van der Waals surface area contributed by atoms with E-state index in [1.807, 2.05) is 12.1 Å². The second kappa shape index (κ2) is 4.12. The Labute approximate surface area is 88.8 Å². The fourth-order valence-electron chi connectivity index (χ4n) is 1.15. The topological polar surface area (TPSA) is 44.0 Å². The summed E-state index contributed by atoms with van der Waals surface area (Å²) < 4.78 is 0. The number of hydrogen-bond donors (Lipinski definition) is 1. The number of nitrogens with zero attached hydrogens (tertiary/aromatic N) is 1. The van der Waals surface area contributed by atoms with Crippen molar-refractivity contribution in [3.05, 3.63) is 21.9 Å². The standard InChI is InChI=1S/C11H15NOS/c1-4-8-5-6-9(14-8)10(13)11(2,3)7-12/h5-6,10,13H,4H2,1-3H3. The first-order valence-corrected chi connectivity index (χ1v) is 5.51. The fourth-order valence-corrected chi connectivity index (χ4v) is 2.27. The van der Waals surface area contributed by atoms with Crippen LogP contribution >= 0.6 is 11.3 Å². The molecule has 0 amide bonds. The molecule has 0 aliphatic rings. The maximum absolute atomic E-state index is 9.95. The fraction of sp³-hybridized carbons (Fsp3) is 0.545. The van der Waals surface area contributed by atoms with Gasteiger partial charge < -0.3 is 5.11 Å². The summed E-state index contributed by atoms with van der Waals surface area (Å²) in [5.74, 6) is 0. The van der Waals surface area contributed by atoms with Crippen LogP contribution in [-0.4, -0.2) is 5.11 Å². The number of rotatable bonds is 3. The molecule has 0 saturated heterocycles. The summed E-state index contributed by atoms with van der Waals surface area (Å²) in [5, 5.41) is 18.8. The van der Waals surface area contributed by atoms with Crippen molar-refractivity contribution in [3.8, 4) is 6.07 Å². The van der Waals surface area contributed by atoms with E-state index in [1.165, 1.54) is 4.88 Å². The van der Waals surface area contributed by atoms with Crippen LogP contribution in [0.1, 0.15) is 36.6 Å². The Morgan fingerprint density at radius 1 is 1.57 bits per heavy atom. The molecule has 3 heteroatoms. The number of aliphatic hydroxyl groups is 1. The molecule has 0 aromatic carbocycles. The molecule has 0 radical (unpaired) electrons. The second-order valence-corrected chi connectivity index (χ2v) is 5.09. The SMILES string of the molecule is CCc1ccc(C(O)C(C)(C)C#N)s1. The van der Waals surface area contributed by atoms with Crippen LogP contribution in [0.5, 0.6) is 0 Å². The van der Waals surface area contributed by atoms with Crippen molar-refractivity contribution in [1.29, 1.82) is 5.26 Å². The van der Waals surface area contributed by atoms with Crippen LogP contribution in [0.15, 0.2) is 12.1 Å². The van der Waals surface area contributed by atoms with Crippen LogP contribution in [0.25, 0.3) is 0 Å². The van der Waals surface area contributed by atoms with Gasteiger partial charge in [-0.05, 0) is 32.4 Å². The summed E-state index contributed by atoms with van der Waals surface area (Å²) in [6.45, 7) is 5.59. The van der Waals surface area contributed by atoms with E-state index in [1.54, 1.807) is 25.2 Å². The molecule has 0 bridgehead atoms. The summed E-state index contributed by atoms with van der Waals surface area (Å²) in [4.78, 5) is 2.13. The van der Waals surface area contributed by atoms with Crippen LogP contribution in [0.2, 0.25) is 0 Å². The quantitative estimate of drug-likeness (QED) is 0.831. The van der Waals surface area contributed by atoms with E-state index in [2.05, 4.69) is 13.0 Å². The van der Waals surface area contributed by atoms with Gasteiger partial charge >= 0.3 is 0 Å². The van der Waals surface area contributed by atoms with Gasteiger partial charge in [0.15, 0.2) is 0 Å². The Balaban J connectivity index is 2.90. The molecule has 1 unspecified atom stereocenters. The minimum Gasteiger partial charge on any atom is -0.386 e. The minimum absolute atomic E-state index is 0.683. The average Bonchev–Trinajstić information content (AvgIpc) is 2.64. The van der Waals surface area contributed by atoms with Gasteiger partial charge in [0.1, 0.15) is 6.10 Å². The number of thiophene rings is 1. The van der Waals surface area contributed by atoms with Crippen LogP contribution in [0.4, 0.5) is 0 Å². The van der Waals surface area contributed by atoms with Crippen molar-refractivity contribution in [1.82, 2.24) is 0 Å². The molecule has 1 atom stereocenters. The number of aryl methyl sites for hydroxylation is 1. The Hall–Kier alpha value is -0.850. The van der Waals surface area contributed by atoms with Gasteiger partial charge in [0, 0.05) is 9.75 Å². The van der Waals surface area contributed by atoms with Crippen LogP contribution < -0.4 is 0 Å². The zero-order valence-corrected chi connectivity index (χ0v) is 9.56. The molecule has 1 heterocycles. The van der Waals surface area contributed by atoms with Crippen molar-refractivity contribution in [2.45, 2.75) is 33.3 Å². The molecule has 2 nitrogen and oxygen atoms in total. The lowest BCUT2D eigenvalue weighted by Crippen LogP contribution is -2.18. The van der Waals surface area contributed by atoms with E-state index in [0.717, 1.165) is 11.3 Å².